The first-order valence-corrected chi connectivity index (χ1v) is 27.0. The molecule has 13 aromatic carbocycles. The third kappa shape index (κ3) is 8.07. The zero-order chi connectivity index (χ0) is 52.2. The molecule has 79 heavy (non-hydrogen) atoms. The molecule has 15 rings (SSSR count). The molecule has 0 saturated heterocycles. The number of furan rings is 1. The summed E-state index contributed by atoms with van der Waals surface area (Å²) in [5, 5.41) is 8.63. The average Bonchev–Trinajstić information content (AvgIpc) is 4.17. The molecule has 0 radical (unpaired) electrons. The van der Waals surface area contributed by atoms with Crippen molar-refractivity contribution in [3.8, 4) is 101 Å². The number of fused-ring (bicyclic) bond motifs is 7. The molecule has 0 atom stereocenters. The van der Waals surface area contributed by atoms with Gasteiger partial charge >= 0.3 is 0 Å². The van der Waals surface area contributed by atoms with E-state index in [0.717, 1.165) is 127 Å². The van der Waals surface area contributed by atoms with E-state index in [2.05, 4.69) is 279 Å². The molecule has 15 aromatic rings. The summed E-state index contributed by atoms with van der Waals surface area (Å²) in [6.45, 7) is 0. The average molecular weight is 1010 g/mol. The van der Waals surface area contributed by atoms with E-state index in [9.17, 15) is 0 Å². The van der Waals surface area contributed by atoms with E-state index in [1.807, 2.05) is 12.1 Å². The Morgan fingerprint density at radius 3 is 1.19 bits per heavy atom. The fourth-order valence-electron chi connectivity index (χ4n) is 12.0. The summed E-state index contributed by atoms with van der Waals surface area (Å²) in [6, 6.07) is 105. The third-order valence-corrected chi connectivity index (χ3v) is 15.6. The number of para-hydroxylation sites is 1. The van der Waals surface area contributed by atoms with Crippen molar-refractivity contribution in [2.45, 2.75) is 0 Å². The van der Waals surface area contributed by atoms with E-state index < -0.39 is 0 Å². The van der Waals surface area contributed by atoms with Gasteiger partial charge in [-0.25, -0.2) is 9.97 Å². The van der Waals surface area contributed by atoms with Gasteiger partial charge in [0.2, 0.25) is 0 Å². The van der Waals surface area contributed by atoms with Crippen LogP contribution in [0, 0.1) is 0 Å². The van der Waals surface area contributed by atoms with Gasteiger partial charge in [-0.3, -0.25) is 0 Å². The van der Waals surface area contributed by atoms with E-state index in [1.54, 1.807) is 0 Å². The lowest BCUT2D eigenvalue weighted by Gasteiger charge is -2.21. The lowest BCUT2D eigenvalue weighted by Crippen LogP contribution is -1.99. The monoisotopic (exact) mass is 1000 g/mol. The van der Waals surface area contributed by atoms with Gasteiger partial charge in [-0.15, -0.1) is 0 Å². The molecular formula is C76H48N2O. The van der Waals surface area contributed by atoms with E-state index in [-0.39, 0.29) is 0 Å². The molecule has 0 fully saturated rings. The van der Waals surface area contributed by atoms with Crippen molar-refractivity contribution in [2.75, 3.05) is 0 Å². The number of aromatic nitrogens is 2. The van der Waals surface area contributed by atoms with Crippen molar-refractivity contribution in [1.29, 1.82) is 0 Å². The fourth-order valence-corrected chi connectivity index (χ4v) is 12.0. The normalized spacial score (nSPS) is 11.5. The second-order valence-electron chi connectivity index (χ2n) is 20.3. The van der Waals surface area contributed by atoms with Crippen molar-refractivity contribution < 1.29 is 4.42 Å². The van der Waals surface area contributed by atoms with Crippen LogP contribution in [0.1, 0.15) is 0 Å². The van der Waals surface area contributed by atoms with Crippen LogP contribution in [0.5, 0.6) is 0 Å². The van der Waals surface area contributed by atoms with Crippen molar-refractivity contribution in [3.63, 3.8) is 0 Å². The summed E-state index contributed by atoms with van der Waals surface area (Å²) in [7, 11) is 0. The van der Waals surface area contributed by atoms with Crippen molar-refractivity contribution in [3.05, 3.63) is 291 Å². The molecule has 3 heteroatoms. The van der Waals surface area contributed by atoms with Crippen LogP contribution in [0.4, 0.5) is 0 Å². The van der Waals surface area contributed by atoms with E-state index >= 15 is 0 Å². The predicted octanol–water partition coefficient (Wildman–Crippen LogP) is 20.8. The lowest BCUT2D eigenvalue weighted by molar-refractivity contribution is 0.672. The molecule has 2 heterocycles. The summed E-state index contributed by atoms with van der Waals surface area (Å²) < 4.78 is 6.59. The van der Waals surface area contributed by atoms with Gasteiger partial charge in [-0.05, 0) is 142 Å². The summed E-state index contributed by atoms with van der Waals surface area (Å²) in [4.78, 5) is 11.2. The quantitative estimate of drug-likeness (QED) is 0.135. The Kier molecular flexibility index (Phi) is 11.2. The molecular weight excluding hydrogens is 957 g/mol. The summed E-state index contributed by atoms with van der Waals surface area (Å²) in [6.07, 6.45) is 0. The molecule has 368 valence electrons. The minimum absolute atomic E-state index is 0.663. The molecule has 0 spiro atoms. The van der Waals surface area contributed by atoms with Crippen molar-refractivity contribution >= 4 is 54.3 Å². The smallest absolute Gasteiger partial charge is 0.161 e. The Morgan fingerprint density at radius 1 is 0.215 bits per heavy atom. The highest BCUT2D eigenvalue weighted by molar-refractivity contribution is 6.22. The standard InChI is InChI=1S/C76H48N2O/c1-6-24-49(25-7-1)54-42-55(56-45-65(50-26-8-2-9-27-50)72(53-32-14-5-15-33-53)66(46-56)51-28-10-3-11-29-51)44-57(43-54)73-60-36-17-19-38-62(60)74(63-39-20-18-37-61(63)73)76-77-69(52-30-12-4-13-31-52)48-70(78-76)67-47-68-59-35-22-23-41-71(59)79-75(68)64-40-21-16-34-58(64)67/h1-48H. The van der Waals surface area contributed by atoms with Crippen LogP contribution in [0.25, 0.3) is 155 Å². The summed E-state index contributed by atoms with van der Waals surface area (Å²) >= 11 is 0. The molecule has 0 aliphatic carbocycles. The zero-order valence-electron chi connectivity index (χ0n) is 43.0. The minimum Gasteiger partial charge on any atom is -0.455 e. The second kappa shape index (κ2) is 19.3. The van der Waals surface area contributed by atoms with Crippen molar-refractivity contribution in [1.82, 2.24) is 9.97 Å². The van der Waals surface area contributed by atoms with Gasteiger partial charge in [-0.1, -0.05) is 243 Å². The highest BCUT2D eigenvalue weighted by Gasteiger charge is 2.24. The van der Waals surface area contributed by atoms with Crippen LogP contribution in [0.2, 0.25) is 0 Å². The van der Waals surface area contributed by atoms with Crippen LogP contribution in [0.15, 0.2) is 296 Å². The Hall–Kier alpha value is -10.5. The largest absolute Gasteiger partial charge is 0.455 e. The highest BCUT2D eigenvalue weighted by Crippen LogP contribution is 2.49. The maximum Gasteiger partial charge on any atom is 0.161 e. The topological polar surface area (TPSA) is 38.9 Å². The van der Waals surface area contributed by atoms with E-state index in [1.165, 1.54) is 22.3 Å². The van der Waals surface area contributed by atoms with E-state index in [0.29, 0.717) is 5.82 Å². The first-order valence-electron chi connectivity index (χ1n) is 27.0. The fraction of sp³-hybridized carbons (Fsp3) is 0. The molecule has 2 aromatic heterocycles. The van der Waals surface area contributed by atoms with Gasteiger partial charge in [0.05, 0.1) is 11.4 Å². The Bertz CT molecular complexity index is 4680. The summed E-state index contributed by atoms with van der Waals surface area (Å²) in [5.41, 5.74) is 20.4. The first-order chi connectivity index (χ1) is 39.2. The van der Waals surface area contributed by atoms with Gasteiger partial charge in [0.15, 0.2) is 5.82 Å². The Labute approximate surface area is 458 Å². The third-order valence-electron chi connectivity index (χ3n) is 15.6. The van der Waals surface area contributed by atoms with Crippen LogP contribution in [-0.2, 0) is 0 Å². The predicted molar refractivity (Wildman–Crippen MR) is 331 cm³/mol. The number of benzene rings is 13. The Balaban J connectivity index is 0.996. The number of rotatable bonds is 9. The van der Waals surface area contributed by atoms with Crippen LogP contribution in [-0.4, -0.2) is 9.97 Å². The Morgan fingerprint density at radius 2 is 0.620 bits per heavy atom. The lowest BCUT2D eigenvalue weighted by atomic mass is 9.83. The van der Waals surface area contributed by atoms with Gasteiger partial charge in [0, 0.05) is 32.8 Å². The van der Waals surface area contributed by atoms with E-state index in [4.69, 9.17) is 14.4 Å². The van der Waals surface area contributed by atoms with Crippen LogP contribution < -0.4 is 0 Å². The molecule has 0 unspecified atom stereocenters. The van der Waals surface area contributed by atoms with Gasteiger partial charge in [0.1, 0.15) is 11.2 Å². The van der Waals surface area contributed by atoms with Crippen LogP contribution in [0.3, 0.4) is 0 Å². The summed E-state index contributed by atoms with van der Waals surface area (Å²) in [5.74, 6) is 0.663. The number of hydrogen-bond donors (Lipinski definition) is 0. The number of hydrogen-bond acceptors (Lipinski definition) is 3. The zero-order valence-corrected chi connectivity index (χ0v) is 43.0. The molecule has 0 saturated carbocycles. The SMILES string of the molecule is c1ccc(-c2cc(-c3cc(-c4ccccc4)c(-c4ccccc4)c(-c4ccccc4)c3)cc(-c3c4ccccc4c(-c4nc(-c5ccccc5)cc(-c5cc6c7ccccc7oc6c6ccccc56)n4)c4ccccc34)c2)cc1. The number of nitrogens with zero attached hydrogens (tertiary/aromatic N) is 2. The molecule has 0 N–H and O–H groups in total. The maximum absolute atomic E-state index is 6.59. The van der Waals surface area contributed by atoms with Gasteiger partial charge in [0.25, 0.3) is 0 Å². The van der Waals surface area contributed by atoms with Gasteiger partial charge in [-0.2, -0.15) is 0 Å². The molecule has 0 aliphatic rings. The molecule has 0 bridgehead atoms. The van der Waals surface area contributed by atoms with Crippen molar-refractivity contribution in [2.24, 2.45) is 0 Å². The molecule has 0 amide bonds. The molecule has 3 nitrogen and oxygen atoms in total. The maximum atomic E-state index is 6.59. The van der Waals surface area contributed by atoms with Crippen LogP contribution >= 0.6 is 0 Å². The minimum atomic E-state index is 0.663. The second-order valence-corrected chi connectivity index (χ2v) is 20.3. The first kappa shape index (κ1) is 45.9. The molecule has 0 aliphatic heterocycles. The van der Waals surface area contributed by atoms with Gasteiger partial charge < -0.3 is 4.42 Å². The highest BCUT2D eigenvalue weighted by atomic mass is 16.3.